The predicted octanol–water partition coefficient (Wildman–Crippen LogP) is 1.82. The summed E-state index contributed by atoms with van der Waals surface area (Å²) < 4.78 is 12.6. The first-order valence-electron chi connectivity index (χ1n) is 9.99. The molecule has 0 aliphatic carbocycles. The van der Waals surface area contributed by atoms with Crippen LogP contribution in [0.5, 0.6) is 11.5 Å². The van der Waals surface area contributed by atoms with Crippen molar-refractivity contribution < 1.29 is 14.3 Å². The van der Waals surface area contributed by atoms with Crippen molar-refractivity contribution in [1.29, 1.82) is 0 Å². The van der Waals surface area contributed by atoms with Crippen LogP contribution in [0.3, 0.4) is 0 Å². The van der Waals surface area contributed by atoms with Crippen molar-refractivity contribution in [2.24, 2.45) is 0 Å². The highest BCUT2D eigenvalue weighted by Gasteiger charge is 2.20. The number of hydrogen-bond donors (Lipinski definition) is 2. The summed E-state index contributed by atoms with van der Waals surface area (Å²) in [4.78, 5) is 39.5. The Labute approximate surface area is 172 Å². The number of para-hydroxylation sites is 3. The van der Waals surface area contributed by atoms with Crippen molar-refractivity contribution in [3.05, 3.63) is 69.4 Å². The number of aromatic amines is 1. The smallest absolute Gasteiger partial charge is 0.328 e. The molecule has 1 aromatic heterocycles. The summed E-state index contributed by atoms with van der Waals surface area (Å²) in [6.07, 6.45) is 1.18. The first-order chi connectivity index (χ1) is 14.6. The topological polar surface area (TPSA) is 102 Å². The minimum atomic E-state index is -0.433. The fourth-order valence-electron chi connectivity index (χ4n) is 3.44. The zero-order valence-corrected chi connectivity index (χ0v) is 16.4. The number of rotatable bonds is 7. The zero-order valence-electron chi connectivity index (χ0n) is 16.4. The molecule has 1 aliphatic rings. The molecule has 1 aliphatic heterocycles. The second-order valence-corrected chi connectivity index (χ2v) is 7.19. The molecule has 2 heterocycles. The van der Waals surface area contributed by atoms with Crippen LogP contribution < -0.4 is 26.0 Å². The summed E-state index contributed by atoms with van der Waals surface area (Å²) in [6, 6.07) is 14.3. The maximum absolute atomic E-state index is 12.5. The molecule has 2 aromatic carbocycles. The summed E-state index contributed by atoms with van der Waals surface area (Å²) in [5, 5.41) is 3.33. The lowest BCUT2D eigenvalue weighted by Crippen LogP contribution is -2.40. The number of fused-ring (bicyclic) bond motifs is 2. The number of carbonyl (C=O) groups is 1. The Balaban J connectivity index is 1.23. The highest BCUT2D eigenvalue weighted by molar-refractivity contribution is 5.77. The molecule has 0 unspecified atom stereocenters. The molecule has 0 radical (unpaired) electrons. The minimum absolute atomic E-state index is 0.0998. The number of hydrogen-bond acceptors (Lipinski definition) is 5. The maximum Gasteiger partial charge on any atom is 0.328 e. The van der Waals surface area contributed by atoms with Crippen LogP contribution in [0.15, 0.2) is 58.1 Å². The second-order valence-electron chi connectivity index (χ2n) is 7.19. The maximum atomic E-state index is 12.5. The molecule has 0 saturated carbocycles. The molecule has 0 bridgehead atoms. The second kappa shape index (κ2) is 8.86. The van der Waals surface area contributed by atoms with Gasteiger partial charge in [0.05, 0.1) is 17.4 Å². The molecule has 0 fully saturated rings. The van der Waals surface area contributed by atoms with Gasteiger partial charge in [-0.05, 0) is 37.1 Å². The number of nitrogens with one attached hydrogen (secondary N) is 2. The Morgan fingerprint density at radius 1 is 1.07 bits per heavy atom. The molecular weight excluding hydrogens is 386 g/mol. The molecular formula is C22H23N3O5. The number of carbonyl (C=O) groups excluding carboxylic acids is 1. The van der Waals surface area contributed by atoms with Gasteiger partial charge in [-0.2, -0.15) is 0 Å². The third kappa shape index (κ3) is 4.37. The minimum Gasteiger partial charge on any atom is -0.486 e. The van der Waals surface area contributed by atoms with Gasteiger partial charge < -0.3 is 19.8 Å². The number of nitrogens with zero attached hydrogens (tertiary/aromatic N) is 1. The molecule has 1 amide bonds. The van der Waals surface area contributed by atoms with E-state index < -0.39 is 5.69 Å². The number of amides is 1. The van der Waals surface area contributed by atoms with E-state index >= 15 is 0 Å². The summed E-state index contributed by atoms with van der Waals surface area (Å²) in [5.41, 5.74) is -0.217. The van der Waals surface area contributed by atoms with Gasteiger partial charge in [-0.1, -0.05) is 24.3 Å². The number of benzene rings is 2. The van der Waals surface area contributed by atoms with Gasteiger partial charge in [-0.25, -0.2) is 4.79 Å². The van der Waals surface area contributed by atoms with E-state index in [0.29, 0.717) is 54.8 Å². The van der Waals surface area contributed by atoms with E-state index in [1.165, 1.54) is 4.57 Å². The van der Waals surface area contributed by atoms with E-state index in [9.17, 15) is 14.4 Å². The van der Waals surface area contributed by atoms with E-state index in [1.807, 2.05) is 24.3 Å². The number of ether oxygens (including phenoxy) is 2. The molecule has 0 spiro atoms. The van der Waals surface area contributed by atoms with Crippen molar-refractivity contribution in [3.63, 3.8) is 0 Å². The normalized spacial score (nSPS) is 15.1. The van der Waals surface area contributed by atoms with Gasteiger partial charge in [0, 0.05) is 13.0 Å². The van der Waals surface area contributed by atoms with Crippen LogP contribution in [0, 0.1) is 0 Å². The van der Waals surface area contributed by atoms with Crippen LogP contribution in [0.25, 0.3) is 10.9 Å². The summed E-state index contributed by atoms with van der Waals surface area (Å²) in [7, 11) is 0. The molecule has 2 N–H and O–H groups in total. The quantitative estimate of drug-likeness (QED) is 0.580. The highest BCUT2D eigenvalue weighted by atomic mass is 16.6. The van der Waals surface area contributed by atoms with Crippen molar-refractivity contribution in [3.8, 4) is 11.5 Å². The standard InChI is InChI=1S/C22H23N3O5/c26-20(23-13-15-14-29-18-9-3-4-10-19(18)30-15)11-5-6-12-25-21(27)16-7-1-2-8-17(16)24-22(25)28/h1-4,7-10,15H,5-6,11-14H2,(H,23,26)(H,24,28)/t15-/m0/s1. The third-order valence-corrected chi connectivity index (χ3v) is 5.02. The van der Waals surface area contributed by atoms with E-state index in [2.05, 4.69) is 10.3 Å². The van der Waals surface area contributed by atoms with Gasteiger partial charge in [-0.3, -0.25) is 14.2 Å². The van der Waals surface area contributed by atoms with Gasteiger partial charge in [0.1, 0.15) is 12.7 Å². The van der Waals surface area contributed by atoms with Crippen molar-refractivity contribution in [2.75, 3.05) is 13.2 Å². The SMILES string of the molecule is O=C(CCCCn1c(=O)[nH]c2ccccc2c1=O)NC[C@H]1COc2ccccc2O1. The van der Waals surface area contributed by atoms with Gasteiger partial charge in [0.15, 0.2) is 11.5 Å². The number of unbranched alkanes of at least 4 members (excludes halogenated alkanes) is 1. The largest absolute Gasteiger partial charge is 0.486 e. The molecule has 30 heavy (non-hydrogen) atoms. The average Bonchev–Trinajstić information content (AvgIpc) is 2.77. The molecule has 3 aromatic rings. The van der Waals surface area contributed by atoms with E-state index in [0.717, 1.165) is 0 Å². The van der Waals surface area contributed by atoms with E-state index in [-0.39, 0.29) is 24.1 Å². The Hall–Kier alpha value is -3.55. The fourth-order valence-corrected chi connectivity index (χ4v) is 3.44. The van der Waals surface area contributed by atoms with Crippen LogP contribution in [0.1, 0.15) is 19.3 Å². The first-order valence-corrected chi connectivity index (χ1v) is 9.99. The Kier molecular flexibility index (Phi) is 5.83. The number of H-pyrrole nitrogens is 1. The Morgan fingerprint density at radius 2 is 1.83 bits per heavy atom. The van der Waals surface area contributed by atoms with Gasteiger partial charge in [-0.15, -0.1) is 0 Å². The van der Waals surface area contributed by atoms with Gasteiger partial charge in [0.2, 0.25) is 5.91 Å². The molecule has 1 atom stereocenters. The monoisotopic (exact) mass is 409 g/mol. The lowest BCUT2D eigenvalue weighted by atomic mass is 10.2. The predicted molar refractivity (Wildman–Crippen MR) is 112 cm³/mol. The lowest BCUT2D eigenvalue weighted by molar-refractivity contribution is -0.121. The van der Waals surface area contributed by atoms with Crippen LogP contribution in [0.2, 0.25) is 0 Å². The molecule has 4 rings (SSSR count). The molecule has 8 nitrogen and oxygen atoms in total. The average molecular weight is 409 g/mol. The van der Waals surface area contributed by atoms with Gasteiger partial charge in [0.25, 0.3) is 5.56 Å². The van der Waals surface area contributed by atoms with Crippen LogP contribution in [0.4, 0.5) is 0 Å². The fraction of sp³-hybridized carbons (Fsp3) is 0.318. The summed E-state index contributed by atoms with van der Waals surface area (Å²) in [5.74, 6) is 1.28. The molecule has 0 saturated heterocycles. The molecule has 8 heteroatoms. The van der Waals surface area contributed by atoms with Crippen molar-refractivity contribution >= 4 is 16.8 Å². The van der Waals surface area contributed by atoms with Crippen LogP contribution in [-0.4, -0.2) is 34.7 Å². The third-order valence-electron chi connectivity index (χ3n) is 5.02. The molecule has 156 valence electrons. The first kappa shape index (κ1) is 19.8. The van der Waals surface area contributed by atoms with Crippen molar-refractivity contribution in [1.82, 2.24) is 14.9 Å². The Bertz CT molecular complexity index is 1170. The van der Waals surface area contributed by atoms with E-state index in [1.54, 1.807) is 24.3 Å². The highest BCUT2D eigenvalue weighted by Crippen LogP contribution is 2.30. The Morgan fingerprint density at radius 3 is 2.70 bits per heavy atom. The zero-order chi connectivity index (χ0) is 20.9. The van der Waals surface area contributed by atoms with Crippen LogP contribution in [-0.2, 0) is 11.3 Å². The number of aromatic nitrogens is 2. The van der Waals surface area contributed by atoms with Crippen molar-refractivity contribution in [2.45, 2.75) is 31.9 Å². The van der Waals surface area contributed by atoms with E-state index in [4.69, 9.17) is 9.47 Å². The summed E-state index contributed by atoms with van der Waals surface area (Å²) in [6.45, 7) is 1.00. The van der Waals surface area contributed by atoms with Crippen LogP contribution >= 0.6 is 0 Å². The van der Waals surface area contributed by atoms with Gasteiger partial charge >= 0.3 is 5.69 Å². The lowest BCUT2D eigenvalue weighted by Gasteiger charge is -2.26. The summed E-state index contributed by atoms with van der Waals surface area (Å²) >= 11 is 0.